The number of aromatic nitrogens is 3. The summed E-state index contributed by atoms with van der Waals surface area (Å²) in [6, 6.07) is 9.35. The number of rotatable bonds is 8. The maximum atomic E-state index is 11.8. The Labute approximate surface area is 134 Å². The minimum atomic E-state index is -0.837. The summed E-state index contributed by atoms with van der Waals surface area (Å²) in [5.41, 5.74) is 1.58. The van der Waals surface area contributed by atoms with Crippen LogP contribution in [0.25, 0.3) is 5.69 Å². The van der Waals surface area contributed by atoms with E-state index in [0.717, 1.165) is 5.69 Å². The van der Waals surface area contributed by atoms with E-state index in [9.17, 15) is 9.59 Å². The summed E-state index contributed by atoms with van der Waals surface area (Å²) in [4.78, 5) is 22.2. The van der Waals surface area contributed by atoms with Crippen LogP contribution in [0.1, 0.15) is 44.3 Å². The summed E-state index contributed by atoms with van der Waals surface area (Å²) in [5, 5.41) is 19.5. The molecule has 0 bridgehead atoms. The summed E-state index contributed by atoms with van der Waals surface area (Å²) < 4.78 is 1.66. The standard InChI is InChI=1S/C16H20N4O3/c1-12(17-15(21)9-5-6-10-16(22)23)14-11-20(19-18-14)13-7-3-2-4-8-13/h2-4,7-8,11-12H,5-6,9-10H2,1H3,(H,17,21)(H,22,23). The van der Waals surface area contributed by atoms with Gasteiger partial charge in [0.1, 0.15) is 5.69 Å². The molecule has 1 aromatic heterocycles. The van der Waals surface area contributed by atoms with Crippen molar-refractivity contribution in [2.45, 2.75) is 38.6 Å². The highest BCUT2D eigenvalue weighted by Gasteiger charge is 2.13. The number of carboxylic acids is 1. The molecular formula is C16H20N4O3. The molecule has 0 radical (unpaired) electrons. The van der Waals surface area contributed by atoms with Gasteiger partial charge < -0.3 is 10.4 Å². The maximum Gasteiger partial charge on any atom is 0.303 e. The molecule has 0 saturated carbocycles. The molecule has 7 nitrogen and oxygen atoms in total. The zero-order chi connectivity index (χ0) is 16.7. The average molecular weight is 316 g/mol. The smallest absolute Gasteiger partial charge is 0.303 e. The van der Waals surface area contributed by atoms with E-state index in [-0.39, 0.29) is 18.4 Å². The van der Waals surface area contributed by atoms with Gasteiger partial charge in [0.2, 0.25) is 5.91 Å². The highest BCUT2D eigenvalue weighted by atomic mass is 16.4. The number of carbonyl (C=O) groups is 2. The van der Waals surface area contributed by atoms with E-state index in [2.05, 4.69) is 15.6 Å². The highest BCUT2D eigenvalue weighted by molar-refractivity contribution is 5.76. The van der Waals surface area contributed by atoms with Gasteiger partial charge in [-0.15, -0.1) is 5.10 Å². The van der Waals surface area contributed by atoms with Crippen LogP contribution in [0, 0.1) is 0 Å². The number of nitrogens with one attached hydrogen (secondary N) is 1. The van der Waals surface area contributed by atoms with Gasteiger partial charge in [0.05, 0.1) is 17.9 Å². The number of aliphatic carboxylic acids is 1. The van der Waals surface area contributed by atoms with E-state index in [1.807, 2.05) is 37.3 Å². The molecule has 23 heavy (non-hydrogen) atoms. The molecule has 1 heterocycles. The van der Waals surface area contributed by atoms with Crippen molar-refractivity contribution in [2.24, 2.45) is 0 Å². The van der Waals surface area contributed by atoms with Gasteiger partial charge >= 0.3 is 5.97 Å². The fourth-order valence-corrected chi connectivity index (χ4v) is 2.13. The number of carboxylic acid groups (broad SMARTS) is 1. The fourth-order valence-electron chi connectivity index (χ4n) is 2.13. The van der Waals surface area contributed by atoms with E-state index in [0.29, 0.717) is 25.0 Å². The number of unbranched alkanes of at least 4 members (excludes halogenated alkanes) is 1. The number of para-hydroxylation sites is 1. The van der Waals surface area contributed by atoms with Crippen molar-refractivity contribution in [3.63, 3.8) is 0 Å². The zero-order valence-corrected chi connectivity index (χ0v) is 13.0. The van der Waals surface area contributed by atoms with Crippen LogP contribution < -0.4 is 5.32 Å². The number of hydrogen-bond donors (Lipinski definition) is 2. The third kappa shape index (κ3) is 5.21. The number of benzene rings is 1. The second-order valence-corrected chi connectivity index (χ2v) is 5.31. The summed E-state index contributed by atoms with van der Waals surface area (Å²) in [5.74, 6) is -0.951. The van der Waals surface area contributed by atoms with Gasteiger partial charge in [-0.25, -0.2) is 4.68 Å². The summed E-state index contributed by atoms with van der Waals surface area (Å²) in [7, 11) is 0. The van der Waals surface area contributed by atoms with Crippen LogP contribution in [0.4, 0.5) is 0 Å². The van der Waals surface area contributed by atoms with E-state index < -0.39 is 5.97 Å². The zero-order valence-electron chi connectivity index (χ0n) is 13.0. The van der Waals surface area contributed by atoms with Crippen LogP contribution in [0.5, 0.6) is 0 Å². The first-order valence-electron chi connectivity index (χ1n) is 7.55. The lowest BCUT2D eigenvalue weighted by molar-refractivity contribution is -0.137. The van der Waals surface area contributed by atoms with Gasteiger partial charge in [0.15, 0.2) is 0 Å². The van der Waals surface area contributed by atoms with Crippen LogP contribution in [0.2, 0.25) is 0 Å². The molecule has 1 atom stereocenters. The monoisotopic (exact) mass is 316 g/mol. The first kappa shape index (κ1) is 16.7. The molecule has 2 N–H and O–H groups in total. The molecule has 1 unspecified atom stereocenters. The molecule has 0 saturated heterocycles. The lowest BCUT2D eigenvalue weighted by Gasteiger charge is -2.10. The Morgan fingerprint density at radius 2 is 1.91 bits per heavy atom. The molecule has 0 fully saturated rings. The molecule has 7 heteroatoms. The fraction of sp³-hybridized carbons (Fsp3) is 0.375. The average Bonchev–Trinajstić information content (AvgIpc) is 3.02. The quantitative estimate of drug-likeness (QED) is 0.727. The van der Waals surface area contributed by atoms with Crippen LogP contribution in [0.15, 0.2) is 36.5 Å². The van der Waals surface area contributed by atoms with Gasteiger partial charge in [0.25, 0.3) is 0 Å². The second-order valence-electron chi connectivity index (χ2n) is 5.31. The molecule has 0 aliphatic rings. The van der Waals surface area contributed by atoms with Crippen molar-refractivity contribution in [1.29, 1.82) is 0 Å². The Morgan fingerprint density at radius 3 is 2.61 bits per heavy atom. The second kappa shape index (κ2) is 8.07. The summed E-state index contributed by atoms with van der Waals surface area (Å²) in [6.07, 6.45) is 3.24. The van der Waals surface area contributed by atoms with Gasteiger partial charge in [-0.2, -0.15) is 0 Å². The van der Waals surface area contributed by atoms with E-state index in [1.54, 1.807) is 10.9 Å². The number of carbonyl (C=O) groups excluding carboxylic acids is 1. The van der Waals surface area contributed by atoms with E-state index >= 15 is 0 Å². The highest BCUT2D eigenvalue weighted by Crippen LogP contribution is 2.12. The van der Waals surface area contributed by atoms with Crippen LogP contribution >= 0.6 is 0 Å². The minimum absolute atomic E-state index is 0.0915. The van der Waals surface area contributed by atoms with Gasteiger partial charge in [-0.1, -0.05) is 23.4 Å². The lowest BCUT2D eigenvalue weighted by Crippen LogP contribution is -2.26. The predicted molar refractivity (Wildman–Crippen MR) is 84.0 cm³/mol. The van der Waals surface area contributed by atoms with Crippen LogP contribution in [0.3, 0.4) is 0 Å². The molecule has 0 aliphatic carbocycles. The molecular weight excluding hydrogens is 296 g/mol. The van der Waals surface area contributed by atoms with Crippen molar-refractivity contribution in [2.75, 3.05) is 0 Å². The first-order chi connectivity index (χ1) is 11.1. The Bertz CT molecular complexity index is 654. The number of amides is 1. The van der Waals surface area contributed by atoms with E-state index in [4.69, 9.17) is 5.11 Å². The first-order valence-corrected chi connectivity index (χ1v) is 7.55. The predicted octanol–water partition coefficient (Wildman–Crippen LogP) is 2.09. The van der Waals surface area contributed by atoms with Crippen LogP contribution in [-0.2, 0) is 9.59 Å². The molecule has 122 valence electrons. The molecule has 0 aliphatic heterocycles. The minimum Gasteiger partial charge on any atom is -0.481 e. The maximum absolute atomic E-state index is 11.8. The normalized spacial score (nSPS) is 11.9. The molecule has 0 spiro atoms. The Morgan fingerprint density at radius 1 is 1.22 bits per heavy atom. The molecule has 2 aromatic rings. The molecule has 2 rings (SSSR count). The Kier molecular flexibility index (Phi) is 5.85. The number of hydrogen-bond acceptors (Lipinski definition) is 4. The Balaban J connectivity index is 1.84. The Hall–Kier alpha value is -2.70. The van der Waals surface area contributed by atoms with Crippen molar-refractivity contribution in [3.05, 3.63) is 42.2 Å². The van der Waals surface area contributed by atoms with Crippen molar-refractivity contribution in [3.8, 4) is 5.69 Å². The summed E-state index contributed by atoms with van der Waals surface area (Å²) >= 11 is 0. The van der Waals surface area contributed by atoms with Gasteiger partial charge in [-0.05, 0) is 31.9 Å². The third-order valence-corrected chi connectivity index (χ3v) is 3.40. The lowest BCUT2D eigenvalue weighted by atomic mass is 10.1. The molecule has 1 aromatic carbocycles. The topological polar surface area (TPSA) is 97.1 Å². The van der Waals surface area contributed by atoms with Gasteiger partial charge in [0, 0.05) is 12.8 Å². The van der Waals surface area contributed by atoms with E-state index in [1.165, 1.54) is 0 Å². The van der Waals surface area contributed by atoms with Crippen molar-refractivity contribution in [1.82, 2.24) is 20.3 Å². The number of nitrogens with zero attached hydrogens (tertiary/aromatic N) is 3. The van der Waals surface area contributed by atoms with Crippen molar-refractivity contribution >= 4 is 11.9 Å². The third-order valence-electron chi connectivity index (χ3n) is 3.40. The van der Waals surface area contributed by atoms with Gasteiger partial charge in [-0.3, -0.25) is 9.59 Å². The largest absolute Gasteiger partial charge is 0.481 e. The van der Waals surface area contributed by atoms with Crippen LogP contribution in [-0.4, -0.2) is 32.0 Å². The van der Waals surface area contributed by atoms with Crippen molar-refractivity contribution < 1.29 is 14.7 Å². The SMILES string of the molecule is CC(NC(=O)CCCCC(=O)O)c1cn(-c2ccccc2)nn1. The molecule has 1 amide bonds. The summed E-state index contributed by atoms with van der Waals surface area (Å²) in [6.45, 7) is 1.84.